The third kappa shape index (κ3) is 2.82. The van der Waals surface area contributed by atoms with Crippen molar-refractivity contribution in [2.45, 2.75) is 23.7 Å². The lowest BCUT2D eigenvalue weighted by Crippen LogP contribution is -2.34. The molecular formula is C12H15N3OS2. The van der Waals surface area contributed by atoms with E-state index in [1.807, 2.05) is 31.4 Å². The topological polar surface area (TPSA) is 68.0 Å². The molecule has 0 spiro atoms. The van der Waals surface area contributed by atoms with E-state index in [4.69, 9.17) is 5.73 Å². The van der Waals surface area contributed by atoms with Gasteiger partial charge in [-0.2, -0.15) is 0 Å². The Morgan fingerprint density at radius 1 is 1.61 bits per heavy atom. The molecule has 2 aromatic rings. The summed E-state index contributed by atoms with van der Waals surface area (Å²) in [6.07, 6.45) is 2.63. The minimum absolute atomic E-state index is 0.147. The van der Waals surface area contributed by atoms with E-state index in [1.165, 1.54) is 0 Å². The van der Waals surface area contributed by atoms with Crippen molar-refractivity contribution in [3.05, 3.63) is 18.2 Å². The smallest absolute Gasteiger partial charge is 0.241 e. The maximum absolute atomic E-state index is 11.7. The van der Waals surface area contributed by atoms with Gasteiger partial charge in [-0.1, -0.05) is 18.7 Å². The van der Waals surface area contributed by atoms with Crippen molar-refractivity contribution in [3.8, 4) is 0 Å². The number of benzene rings is 1. The summed E-state index contributed by atoms with van der Waals surface area (Å²) in [7, 11) is 0. The first kappa shape index (κ1) is 13.3. The van der Waals surface area contributed by atoms with Crippen LogP contribution in [0.5, 0.6) is 0 Å². The molecule has 4 nitrogen and oxygen atoms in total. The lowest BCUT2D eigenvalue weighted by atomic mass is 10.2. The van der Waals surface area contributed by atoms with Crippen LogP contribution in [-0.4, -0.2) is 23.2 Å². The predicted octanol–water partition coefficient (Wildman–Crippen LogP) is 2.69. The predicted molar refractivity (Wildman–Crippen MR) is 78.3 cm³/mol. The lowest BCUT2D eigenvalue weighted by Gasteiger charge is -2.09. The molecule has 3 N–H and O–H groups in total. The van der Waals surface area contributed by atoms with Crippen LogP contribution < -0.4 is 11.1 Å². The summed E-state index contributed by atoms with van der Waals surface area (Å²) in [5.41, 5.74) is 7.41. The third-order valence-electron chi connectivity index (χ3n) is 2.59. The van der Waals surface area contributed by atoms with Gasteiger partial charge >= 0.3 is 0 Å². The molecule has 18 heavy (non-hydrogen) atoms. The molecule has 1 aromatic heterocycles. The fraction of sp³-hybridized carbons (Fsp3) is 0.333. The van der Waals surface area contributed by atoms with Crippen molar-refractivity contribution >= 4 is 44.9 Å². The van der Waals surface area contributed by atoms with Gasteiger partial charge in [-0.05, 0) is 30.9 Å². The Balaban J connectivity index is 2.21. The van der Waals surface area contributed by atoms with E-state index in [2.05, 4.69) is 10.3 Å². The Hall–Kier alpha value is -1.11. The van der Waals surface area contributed by atoms with Crippen molar-refractivity contribution in [3.63, 3.8) is 0 Å². The molecule has 0 bridgehead atoms. The van der Waals surface area contributed by atoms with E-state index in [9.17, 15) is 4.79 Å². The third-order valence-corrected chi connectivity index (χ3v) is 4.59. The molecular weight excluding hydrogens is 266 g/mol. The number of amides is 1. The zero-order valence-electron chi connectivity index (χ0n) is 10.3. The molecule has 0 aliphatic rings. The van der Waals surface area contributed by atoms with Gasteiger partial charge in [0.1, 0.15) is 0 Å². The van der Waals surface area contributed by atoms with E-state index in [0.717, 1.165) is 20.2 Å². The molecule has 1 aromatic carbocycles. The molecule has 0 saturated heterocycles. The highest BCUT2D eigenvalue weighted by molar-refractivity contribution is 8.00. The van der Waals surface area contributed by atoms with Crippen LogP contribution in [0, 0.1) is 0 Å². The van der Waals surface area contributed by atoms with Gasteiger partial charge in [-0.15, -0.1) is 11.3 Å². The largest absolute Gasteiger partial charge is 0.325 e. The van der Waals surface area contributed by atoms with Gasteiger partial charge in [-0.25, -0.2) is 4.98 Å². The van der Waals surface area contributed by atoms with Gasteiger partial charge in [0.2, 0.25) is 5.91 Å². The molecule has 1 heterocycles. The van der Waals surface area contributed by atoms with Crippen LogP contribution >= 0.6 is 23.1 Å². The zero-order chi connectivity index (χ0) is 13.1. The number of carbonyl (C=O) groups excluding carboxylic acids is 1. The number of thiazole rings is 1. The maximum Gasteiger partial charge on any atom is 0.241 e. The highest BCUT2D eigenvalue weighted by Gasteiger charge is 2.11. The number of hydrogen-bond donors (Lipinski definition) is 2. The summed E-state index contributed by atoms with van der Waals surface area (Å²) in [6.45, 7) is 1.89. The number of hydrogen-bond acceptors (Lipinski definition) is 5. The Morgan fingerprint density at radius 3 is 3.06 bits per heavy atom. The van der Waals surface area contributed by atoms with Crippen LogP contribution in [0.4, 0.5) is 5.69 Å². The number of aromatic nitrogens is 1. The van der Waals surface area contributed by atoms with E-state index >= 15 is 0 Å². The van der Waals surface area contributed by atoms with Crippen LogP contribution in [0.25, 0.3) is 10.2 Å². The van der Waals surface area contributed by atoms with Crippen molar-refractivity contribution in [1.29, 1.82) is 0 Å². The first-order chi connectivity index (χ1) is 8.63. The summed E-state index contributed by atoms with van der Waals surface area (Å²) in [5, 5.41) is 2.82. The lowest BCUT2D eigenvalue weighted by molar-refractivity contribution is -0.117. The SMILES string of the molecule is CC[C@@H](N)C(=O)Nc1ccc2nc(SC)sc2c1. The second-order valence-electron chi connectivity index (χ2n) is 3.87. The van der Waals surface area contributed by atoms with E-state index in [0.29, 0.717) is 6.42 Å². The Bertz CT molecular complexity index is 567. The van der Waals surface area contributed by atoms with Gasteiger partial charge in [0.25, 0.3) is 0 Å². The fourth-order valence-electron chi connectivity index (χ4n) is 1.49. The standard InChI is InChI=1S/C12H15N3OS2/c1-3-8(13)11(16)14-7-4-5-9-10(6-7)18-12(15-9)17-2/h4-6,8H,3,13H2,1-2H3,(H,14,16)/t8-/m1/s1. The maximum atomic E-state index is 11.7. The second kappa shape index (κ2) is 5.69. The highest BCUT2D eigenvalue weighted by atomic mass is 32.2. The van der Waals surface area contributed by atoms with Crippen LogP contribution in [0.3, 0.4) is 0 Å². The Morgan fingerprint density at radius 2 is 2.39 bits per heavy atom. The average Bonchev–Trinajstić information content (AvgIpc) is 2.79. The normalized spacial score (nSPS) is 12.6. The fourth-order valence-corrected chi connectivity index (χ4v) is 3.02. The first-order valence-electron chi connectivity index (χ1n) is 5.65. The number of carbonyl (C=O) groups is 1. The van der Waals surface area contributed by atoms with Crippen LogP contribution in [0.2, 0.25) is 0 Å². The van der Waals surface area contributed by atoms with Crippen LogP contribution in [0.1, 0.15) is 13.3 Å². The van der Waals surface area contributed by atoms with Gasteiger partial charge in [0.05, 0.1) is 16.3 Å². The molecule has 0 radical (unpaired) electrons. The van der Waals surface area contributed by atoms with Crippen molar-refractivity contribution in [1.82, 2.24) is 4.98 Å². The van der Waals surface area contributed by atoms with Gasteiger partial charge in [-0.3, -0.25) is 4.79 Å². The van der Waals surface area contributed by atoms with Crippen LogP contribution in [0.15, 0.2) is 22.5 Å². The molecule has 2 rings (SSSR count). The molecule has 1 atom stereocenters. The first-order valence-corrected chi connectivity index (χ1v) is 7.69. The Kier molecular flexibility index (Phi) is 4.21. The van der Waals surface area contributed by atoms with E-state index in [-0.39, 0.29) is 5.91 Å². The summed E-state index contributed by atoms with van der Waals surface area (Å²) >= 11 is 3.24. The van der Waals surface area contributed by atoms with Crippen molar-refractivity contribution < 1.29 is 4.79 Å². The zero-order valence-corrected chi connectivity index (χ0v) is 11.9. The minimum Gasteiger partial charge on any atom is -0.325 e. The van der Waals surface area contributed by atoms with Crippen molar-refractivity contribution in [2.75, 3.05) is 11.6 Å². The molecule has 0 fully saturated rings. The van der Waals surface area contributed by atoms with E-state index in [1.54, 1.807) is 23.1 Å². The summed E-state index contributed by atoms with van der Waals surface area (Å²) < 4.78 is 2.10. The highest BCUT2D eigenvalue weighted by Crippen LogP contribution is 2.29. The molecule has 0 aliphatic carbocycles. The monoisotopic (exact) mass is 281 g/mol. The molecule has 6 heteroatoms. The molecule has 0 saturated carbocycles. The number of nitrogens with zero attached hydrogens (tertiary/aromatic N) is 1. The average molecular weight is 281 g/mol. The van der Waals surface area contributed by atoms with Gasteiger partial charge in [0, 0.05) is 5.69 Å². The summed E-state index contributed by atoms with van der Waals surface area (Å²) in [5.74, 6) is -0.147. The number of rotatable bonds is 4. The van der Waals surface area contributed by atoms with Gasteiger partial charge < -0.3 is 11.1 Å². The molecule has 1 amide bonds. The number of fused-ring (bicyclic) bond motifs is 1. The van der Waals surface area contributed by atoms with E-state index < -0.39 is 6.04 Å². The second-order valence-corrected chi connectivity index (χ2v) is 5.95. The summed E-state index contributed by atoms with van der Waals surface area (Å²) in [6, 6.07) is 5.25. The number of anilines is 1. The van der Waals surface area contributed by atoms with Gasteiger partial charge in [0.15, 0.2) is 4.34 Å². The minimum atomic E-state index is -0.455. The van der Waals surface area contributed by atoms with Crippen molar-refractivity contribution in [2.24, 2.45) is 5.73 Å². The Labute approximate surface area is 114 Å². The van der Waals surface area contributed by atoms with Crippen LogP contribution in [-0.2, 0) is 4.79 Å². The number of nitrogens with two attached hydrogens (primary N) is 1. The molecule has 0 unspecified atom stereocenters. The number of thioether (sulfide) groups is 1. The molecule has 0 aliphatic heterocycles. The quantitative estimate of drug-likeness (QED) is 0.846. The summed E-state index contributed by atoms with van der Waals surface area (Å²) in [4.78, 5) is 16.1. The molecule has 96 valence electrons. The number of nitrogens with one attached hydrogen (secondary N) is 1.